The molecule has 3 rings (SSSR count). The van der Waals surface area contributed by atoms with Gasteiger partial charge >= 0.3 is 0 Å². The number of carbonyl (C=O) groups excluding carboxylic acids is 1. The molecular weight excluding hydrogens is 386 g/mol. The molecule has 0 bridgehead atoms. The molecule has 0 saturated heterocycles. The normalized spacial score (nSPS) is 11.7. The van der Waals surface area contributed by atoms with Crippen molar-refractivity contribution in [1.29, 1.82) is 0 Å². The minimum absolute atomic E-state index is 0.0515. The molecule has 1 heterocycles. The SMILES string of the molecule is C=C(c1ccccc1)N(c1ccc(C(CCC)CCC=O)cc1)c1ncnc(O)c1C. The van der Waals surface area contributed by atoms with Crippen molar-refractivity contribution < 1.29 is 9.90 Å². The Morgan fingerprint density at radius 2 is 1.81 bits per heavy atom. The summed E-state index contributed by atoms with van der Waals surface area (Å²) in [5.41, 5.74) is 4.41. The van der Waals surface area contributed by atoms with Gasteiger partial charge in [-0.2, -0.15) is 0 Å². The van der Waals surface area contributed by atoms with E-state index in [1.807, 2.05) is 47.4 Å². The molecule has 1 N–H and O–H groups in total. The Kier molecular flexibility index (Phi) is 7.55. The number of benzene rings is 2. The van der Waals surface area contributed by atoms with Crippen LogP contribution in [0.4, 0.5) is 11.5 Å². The van der Waals surface area contributed by atoms with Crippen LogP contribution in [-0.2, 0) is 4.79 Å². The Hall–Kier alpha value is -3.47. The number of carbonyl (C=O) groups is 1. The van der Waals surface area contributed by atoms with E-state index in [9.17, 15) is 9.90 Å². The zero-order valence-electron chi connectivity index (χ0n) is 18.2. The van der Waals surface area contributed by atoms with Crippen molar-refractivity contribution in [3.8, 4) is 5.88 Å². The van der Waals surface area contributed by atoms with Gasteiger partial charge in [-0.3, -0.25) is 4.90 Å². The fourth-order valence-corrected chi connectivity index (χ4v) is 3.81. The van der Waals surface area contributed by atoms with Gasteiger partial charge in [0.25, 0.3) is 0 Å². The number of aldehydes is 1. The third kappa shape index (κ3) is 5.18. The second kappa shape index (κ2) is 10.5. The number of anilines is 2. The summed E-state index contributed by atoms with van der Waals surface area (Å²) < 4.78 is 0. The third-order valence-corrected chi connectivity index (χ3v) is 5.51. The van der Waals surface area contributed by atoms with E-state index < -0.39 is 0 Å². The zero-order valence-corrected chi connectivity index (χ0v) is 18.2. The number of rotatable bonds is 10. The van der Waals surface area contributed by atoms with Crippen LogP contribution in [0.25, 0.3) is 5.70 Å². The summed E-state index contributed by atoms with van der Waals surface area (Å²) in [6.45, 7) is 8.28. The van der Waals surface area contributed by atoms with Gasteiger partial charge in [0.1, 0.15) is 18.4 Å². The van der Waals surface area contributed by atoms with Crippen LogP contribution in [0.3, 0.4) is 0 Å². The summed E-state index contributed by atoms with van der Waals surface area (Å²) in [5.74, 6) is 0.893. The highest BCUT2D eigenvalue weighted by molar-refractivity contribution is 5.86. The van der Waals surface area contributed by atoms with Crippen molar-refractivity contribution >= 4 is 23.5 Å². The first-order valence-corrected chi connectivity index (χ1v) is 10.6. The van der Waals surface area contributed by atoms with E-state index in [0.29, 0.717) is 23.7 Å². The summed E-state index contributed by atoms with van der Waals surface area (Å²) in [5, 5.41) is 10.2. The van der Waals surface area contributed by atoms with Crippen LogP contribution in [0.2, 0.25) is 0 Å². The average molecular weight is 416 g/mol. The Morgan fingerprint density at radius 3 is 2.45 bits per heavy atom. The maximum absolute atomic E-state index is 10.9. The molecule has 0 fully saturated rings. The Labute approximate surface area is 184 Å². The Balaban J connectivity index is 2.02. The minimum Gasteiger partial charge on any atom is -0.493 e. The van der Waals surface area contributed by atoms with E-state index in [2.05, 4.69) is 35.6 Å². The molecule has 160 valence electrons. The molecule has 5 nitrogen and oxygen atoms in total. The van der Waals surface area contributed by atoms with Crippen LogP contribution in [0, 0.1) is 6.92 Å². The van der Waals surface area contributed by atoms with Gasteiger partial charge in [0.2, 0.25) is 5.88 Å². The molecule has 5 heteroatoms. The summed E-state index contributed by atoms with van der Waals surface area (Å²) in [6.07, 6.45) is 5.90. The van der Waals surface area contributed by atoms with Crippen LogP contribution in [0.1, 0.15) is 55.2 Å². The molecule has 2 aromatic carbocycles. The molecule has 0 saturated carbocycles. The first-order valence-electron chi connectivity index (χ1n) is 10.6. The van der Waals surface area contributed by atoms with E-state index in [1.165, 1.54) is 11.9 Å². The van der Waals surface area contributed by atoms with Crippen LogP contribution in [0.5, 0.6) is 5.88 Å². The lowest BCUT2D eigenvalue weighted by Crippen LogP contribution is -2.17. The fraction of sp³-hybridized carbons (Fsp3) is 0.269. The zero-order chi connectivity index (χ0) is 22.2. The highest BCUT2D eigenvalue weighted by Crippen LogP contribution is 2.37. The molecule has 3 aromatic rings. The molecular formula is C26H29N3O2. The standard InChI is InChI=1S/C26H29N3O2/c1-4-9-22(12-8-17-30)23-13-15-24(16-14-23)29(20(3)21-10-6-5-7-11-21)25-19(2)26(31)28-18-27-25/h5-7,10-11,13-18,22H,3-4,8-9,12H2,1-2H3,(H,27,28,31). The maximum atomic E-state index is 10.9. The van der Waals surface area contributed by atoms with Crippen LogP contribution >= 0.6 is 0 Å². The summed E-state index contributed by atoms with van der Waals surface area (Å²) in [4.78, 5) is 21.1. The van der Waals surface area contributed by atoms with E-state index in [-0.39, 0.29) is 5.88 Å². The lowest BCUT2D eigenvalue weighted by molar-refractivity contribution is -0.108. The van der Waals surface area contributed by atoms with Crippen molar-refractivity contribution in [3.63, 3.8) is 0 Å². The smallest absolute Gasteiger partial charge is 0.219 e. The van der Waals surface area contributed by atoms with Crippen molar-refractivity contribution in [2.45, 2.75) is 45.4 Å². The molecule has 31 heavy (non-hydrogen) atoms. The first-order chi connectivity index (χ1) is 15.1. The van der Waals surface area contributed by atoms with Gasteiger partial charge in [-0.05, 0) is 48.9 Å². The maximum Gasteiger partial charge on any atom is 0.219 e. The van der Waals surface area contributed by atoms with Gasteiger partial charge in [0.05, 0.1) is 5.56 Å². The Bertz CT molecular complexity index is 1020. The average Bonchev–Trinajstić information content (AvgIpc) is 2.80. The van der Waals surface area contributed by atoms with Crippen LogP contribution in [-0.4, -0.2) is 21.4 Å². The number of hydrogen-bond acceptors (Lipinski definition) is 5. The molecule has 0 radical (unpaired) electrons. The van der Waals surface area contributed by atoms with Crippen molar-refractivity contribution in [2.75, 3.05) is 4.90 Å². The van der Waals surface area contributed by atoms with Gasteiger partial charge in [-0.25, -0.2) is 9.97 Å². The van der Waals surface area contributed by atoms with E-state index in [0.717, 1.165) is 42.5 Å². The molecule has 0 aliphatic rings. The first kappa shape index (κ1) is 22.2. The van der Waals surface area contributed by atoms with Gasteiger partial charge in [-0.15, -0.1) is 0 Å². The summed E-state index contributed by atoms with van der Waals surface area (Å²) >= 11 is 0. The van der Waals surface area contributed by atoms with Crippen molar-refractivity contribution in [3.05, 3.63) is 84.2 Å². The summed E-state index contributed by atoms with van der Waals surface area (Å²) in [7, 11) is 0. The molecule has 0 amide bonds. The highest BCUT2D eigenvalue weighted by atomic mass is 16.3. The fourth-order valence-electron chi connectivity index (χ4n) is 3.81. The number of aromatic hydroxyl groups is 1. The largest absolute Gasteiger partial charge is 0.493 e. The second-order valence-electron chi connectivity index (χ2n) is 7.62. The number of hydrogen-bond donors (Lipinski definition) is 1. The van der Waals surface area contributed by atoms with Gasteiger partial charge in [-0.1, -0.05) is 62.4 Å². The van der Waals surface area contributed by atoms with E-state index in [1.54, 1.807) is 6.92 Å². The summed E-state index contributed by atoms with van der Waals surface area (Å²) in [6, 6.07) is 18.2. The quantitative estimate of drug-likeness (QED) is 0.402. The second-order valence-corrected chi connectivity index (χ2v) is 7.62. The highest BCUT2D eigenvalue weighted by Gasteiger charge is 2.20. The molecule has 0 aliphatic carbocycles. The minimum atomic E-state index is -0.0515. The van der Waals surface area contributed by atoms with Gasteiger partial charge in [0.15, 0.2) is 0 Å². The monoisotopic (exact) mass is 415 g/mol. The molecule has 0 aliphatic heterocycles. The lowest BCUT2D eigenvalue weighted by Gasteiger charge is -2.28. The van der Waals surface area contributed by atoms with Crippen molar-refractivity contribution in [2.24, 2.45) is 0 Å². The van der Waals surface area contributed by atoms with Crippen LogP contribution < -0.4 is 4.90 Å². The Morgan fingerprint density at radius 1 is 1.10 bits per heavy atom. The van der Waals surface area contributed by atoms with Crippen LogP contribution in [0.15, 0.2) is 67.5 Å². The molecule has 1 aromatic heterocycles. The lowest BCUT2D eigenvalue weighted by atomic mass is 9.90. The van der Waals surface area contributed by atoms with Gasteiger partial charge in [0, 0.05) is 17.8 Å². The van der Waals surface area contributed by atoms with Gasteiger partial charge < -0.3 is 9.90 Å². The number of aromatic nitrogens is 2. The predicted molar refractivity (Wildman–Crippen MR) is 125 cm³/mol. The predicted octanol–water partition coefficient (Wildman–Crippen LogP) is 6.16. The van der Waals surface area contributed by atoms with E-state index >= 15 is 0 Å². The molecule has 1 atom stereocenters. The van der Waals surface area contributed by atoms with Crippen molar-refractivity contribution in [1.82, 2.24) is 9.97 Å². The molecule has 1 unspecified atom stereocenters. The number of nitrogens with zero attached hydrogens (tertiary/aromatic N) is 3. The third-order valence-electron chi connectivity index (χ3n) is 5.51. The van der Waals surface area contributed by atoms with E-state index in [4.69, 9.17) is 0 Å². The molecule has 0 spiro atoms. The topological polar surface area (TPSA) is 66.3 Å².